The first-order chi connectivity index (χ1) is 9.24. The highest BCUT2D eigenvalue weighted by Crippen LogP contribution is 2.33. The summed E-state index contributed by atoms with van der Waals surface area (Å²) < 4.78 is 0. The van der Waals surface area contributed by atoms with Crippen LogP contribution >= 0.6 is 11.6 Å². The second kappa shape index (κ2) is 7.00. The van der Waals surface area contributed by atoms with Crippen molar-refractivity contribution < 1.29 is 0 Å². The number of anilines is 1. The van der Waals surface area contributed by atoms with E-state index < -0.39 is 0 Å². The Balaban J connectivity index is 2.12. The van der Waals surface area contributed by atoms with Crippen molar-refractivity contribution in [2.24, 2.45) is 0 Å². The minimum atomic E-state index is 0.190. The zero-order chi connectivity index (χ0) is 13.6. The van der Waals surface area contributed by atoms with E-state index in [0.717, 1.165) is 11.4 Å². The Hall–Kier alpha value is -0.950. The third-order valence-corrected chi connectivity index (χ3v) is 4.35. The van der Waals surface area contributed by atoms with Crippen LogP contribution in [0.3, 0.4) is 0 Å². The molecule has 1 nitrogen and oxygen atoms in total. The first-order valence-electron chi connectivity index (χ1n) is 7.39. The molecule has 19 heavy (non-hydrogen) atoms. The van der Waals surface area contributed by atoms with Crippen LogP contribution in [0.2, 0.25) is 5.02 Å². The molecule has 0 spiro atoms. The zero-order valence-electron chi connectivity index (χ0n) is 11.6. The molecule has 2 rings (SSSR count). The Morgan fingerprint density at radius 2 is 1.63 bits per heavy atom. The molecule has 1 N–H and O–H groups in total. The van der Waals surface area contributed by atoms with Crippen molar-refractivity contribution >= 4 is 17.3 Å². The van der Waals surface area contributed by atoms with Gasteiger partial charge in [0.15, 0.2) is 0 Å². The summed E-state index contributed by atoms with van der Waals surface area (Å²) in [6, 6.07) is 8.06. The maximum absolute atomic E-state index is 5.95. The van der Waals surface area contributed by atoms with Crippen molar-refractivity contribution in [2.45, 2.75) is 56.9 Å². The summed E-state index contributed by atoms with van der Waals surface area (Å²) in [7, 11) is 0. The van der Waals surface area contributed by atoms with Crippen LogP contribution in [0.4, 0.5) is 5.69 Å². The molecule has 1 fully saturated rings. The predicted octanol–water partition coefficient (Wildman–Crippen LogP) is 5.81. The molecule has 0 aromatic heterocycles. The lowest BCUT2D eigenvalue weighted by Gasteiger charge is -2.37. The summed E-state index contributed by atoms with van der Waals surface area (Å²) in [5, 5.41) is 4.55. The van der Waals surface area contributed by atoms with E-state index in [2.05, 4.69) is 30.1 Å². The van der Waals surface area contributed by atoms with E-state index >= 15 is 0 Å². The van der Waals surface area contributed by atoms with Crippen LogP contribution < -0.4 is 5.32 Å². The molecule has 1 saturated carbocycles. The first kappa shape index (κ1) is 14.5. The molecule has 1 aromatic carbocycles. The molecule has 1 aliphatic rings. The molecular weight excluding hydrogens is 254 g/mol. The number of rotatable bonds is 4. The maximum Gasteiger partial charge on any atom is 0.0408 e. The van der Waals surface area contributed by atoms with Crippen molar-refractivity contribution in [3.8, 4) is 0 Å². The van der Waals surface area contributed by atoms with Crippen LogP contribution in [0.15, 0.2) is 36.9 Å². The number of hydrogen-bond acceptors (Lipinski definition) is 1. The Morgan fingerprint density at radius 1 is 1.05 bits per heavy atom. The average Bonchev–Trinajstić information content (AvgIpc) is 2.37. The monoisotopic (exact) mass is 277 g/mol. The fraction of sp³-hybridized carbons (Fsp3) is 0.529. The molecule has 0 radical (unpaired) electrons. The number of hydrogen-bond donors (Lipinski definition) is 1. The minimum absolute atomic E-state index is 0.190. The van der Waals surface area contributed by atoms with Gasteiger partial charge in [0.05, 0.1) is 0 Å². The zero-order valence-corrected chi connectivity index (χ0v) is 12.4. The van der Waals surface area contributed by atoms with E-state index in [1.807, 2.05) is 12.1 Å². The van der Waals surface area contributed by atoms with Crippen molar-refractivity contribution in [2.75, 3.05) is 5.32 Å². The van der Waals surface area contributed by atoms with Crippen molar-refractivity contribution in [1.29, 1.82) is 0 Å². The third-order valence-electron chi connectivity index (χ3n) is 4.10. The smallest absolute Gasteiger partial charge is 0.0408 e. The molecule has 0 unspecified atom stereocenters. The van der Waals surface area contributed by atoms with E-state index in [1.54, 1.807) is 0 Å². The second-order valence-corrected chi connectivity index (χ2v) is 6.11. The Bertz CT molecular complexity index is 388. The molecular formula is C17H24ClN. The lowest BCUT2D eigenvalue weighted by molar-refractivity contribution is 0.346. The molecule has 0 saturated heterocycles. The Morgan fingerprint density at radius 3 is 2.21 bits per heavy atom. The van der Waals surface area contributed by atoms with Crippen LogP contribution in [0.1, 0.15) is 51.4 Å². The SMILES string of the molecule is C=CCC1(Nc2ccc(Cl)cc2)CCCCCCC1. The molecule has 0 heterocycles. The van der Waals surface area contributed by atoms with Crippen LogP contribution in [-0.4, -0.2) is 5.54 Å². The lowest BCUT2D eigenvalue weighted by atomic mass is 9.81. The highest BCUT2D eigenvalue weighted by Gasteiger charge is 2.28. The highest BCUT2D eigenvalue weighted by molar-refractivity contribution is 6.30. The van der Waals surface area contributed by atoms with Gasteiger partial charge in [-0.3, -0.25) is 0 Å². The quantitative estimate of drug-likeness (QED) is 0.685. The standard InChI is InChI=1S/C17H24ClN/c1-2-12-17(13-6-4-3-5-7-14-17)19-16-10-8-15(18)9-11-16/h2,8-11,19H,1,3-7,12-14H2. The summed E-state index contributed by atoms with van der Waals surface area (Å²) in [6.07, 6.45) is 12.3. The van der Waals surface area contributed by atoms with Gasteiger partial charge in [0.2, 0.25) is 0 Å². The van der Waals surface area contributed by atoms with Gasteiger partial charge in [-0.25, -0.2) is 0 Å². The van der Waals surface area contributed by atoms with Gasteiger partial charge in [-0.15, -0.1) is 6.58 Å². The lowest BCUT2D eigenvalue weighted by Crippen LogP contribution is -2.38. The minimum Gasteiger partial charge on any atom is -0.379 e. The van der Waals surface area contributed by atoms with Crippen LogP contribution in [0.5, 0.6) is 0 Å². The van der Waals surface area contributed by atoms with Gasteiger partial charge in [-0.05, 0) is 43.5 Å². The van der Waals surface area contributed by atoms with Gasteiger partial charge in [-0.1, -0.05) is 49.8 Å². The van der Waals surface area contributed by atoms with E-state index in [-0.39, 0.29) is 5.54 Å². The van der Waals surface area contributed by atoms with Gasteiger partial charge in [0.1, 0.15) is 0 Å². The van der Waals surface area contributed by atoms with E-state index in [4.69, 9.17) is 11.6 Å². The Kier molecular flexibility index (Phi) is 5.33. The normalized spacial score (nSPS) is 19.2. The maximum atomic E-state index is 5.95. The summed E-state index contributed by atoms with van der Waals surface area (Å²) in [5.41, 5.74) is 1.36. The molecule has 0 bridgehead atoms. The fourth-order valence-electron chi connectivity index (χ4n) is 3.08. The highest BCUT2D eigenvalue weighted by atomic mass is 35.5. The first-order valence-corrected chi connectivity index (χ1v) is 7.77. The summed E-state index contributed by atoms with van der Waals surface area (Å²) >= 11 is 5.95. The topological polar surface area (TPSA) is 12.0 Å². The second-order valence-electron chi connectivity index (χ2n) is 5.67. The molecule has 0 atom stereocenters. The Labute approximate surface area is 122 Å². The van der Waals surface area contributed by atoms with Crippen LogP contribution in [0, 0.1) is 0 Å². The summed E-state index contributed by atoms with van der Waals surface area (Å²) in [5.74, 6) is 0. The van der Waals surface area contributed by atoms with Gasteiger partial charge in [0.25, 0.3) is 0 Å². The number of benzene rings is 1. The van der Waals surface area contributed by atoms with E-state index in [9.17, 15) is 0 Å². The molecule has 2 heteroatoms. The van der Waals surface area contributed by atoms with E-state index in [0.29, 0.717) is 0 Å². The van der Waals surface area contributed by atoms with Crippen LogP contribution in [-0.2, 0) is 0 Å². The third kappa shape index (κ3) is 4.28. The summed E-state index contributed by atoms with van der Waals surface area (Å²) in [6.45, 7) is 3.95. The molecule has 0 aliphatic heterocycles. The van der Waals surface area contributed by atoms with Gasteiger partial charge < -0.3 is 5.32 Å². The average molecular weight is 278 g/mol. The fourth-order valence-corrected chi connectivity index (χ4v) is 3.20. The summed E-state index contributed by atoms with van der Waals surface area (Å²) in [4.78, 5) is 0. The van der Waals surface area contributed by atoms with Crippen molar-refractivity contribution in [1.82, 2.24) is 0 Å². The van der Waals surface area contributed by atoms with Crippen molar-refractivity contribution in [3.63, 3.8) is 0 Å². The van der Waals surface area contributed by atoms with E-state index in [1.165, 1.54) is 50.6 Å². The largest absolute Gasteiger partial charge is 0.379 e. The van der Waals surface area contributed by atoms with Gasteiger partial charge >= 0.3 is 0 Å². The number of nitrogens with one attached hydrogen (secondary N) is 1. The van der Waals surface area contributed by atoms with Crippen molar-refractivity contribution in [3.05, 3.63) is 41.9 Å². The molecule has 1 aliphatic carbocycles. The number of halogens is 1. The molecule has 1 aromatic rings. The predicted molar refractivity (Wildman–Crippen MR) is 84.9 cm³/mol. The van der Waals surface area contributed by atoms with Crippen LogP contribution in [0.25, 0.3) is 0 Å². The molecule has 0 amide bonds. The molecule has 104 valence electrons. The van der Waals surface area contributed by atoms with Gasteiger partial charge in [-0.2, -0.15) is 0 Å². The van der Waals surface area contributed by atoms with Gasteiger partial charge in [0, 0.05) is 16.2 Å².